The van der Waals surface area contributed by atoms with E-state index in [0.29, 0.717) is 6.42 Å². The van der Waals surface area contributed by atoms with Gasteiger partial charge in [0.2, 0.25) is 5.91 Å². The third-order valence-corrected chi connectivity index (χ3v) is 2.56. The minimum absolute atomic E-state index is 0.234. The number of aryl methyl sites for hydroxylation is 1. The summed E-state index contributed by atoms with van der Waals surface area (Å²) in [5, 5.41) is 11.1. The molecular weight excluding hydrogens is 234 g/mol. The number of ether oxygens (including phenoxy) is 1. The molecule has 0 aromatic heterocycles. The average Bonchev–Trinajstić information content (AvgIpc) is 2.36. The van der Waals surface area contributed by atoms with Crippen molar-refractivity contribution < 1.29 is 19.4 Å². The van der Waals surface area contributed by atoms with Gasteiger partial charge in [-0.2, -0.15) is 0 Å². The van der Waals surface area contributed by atoms with Gasteiger partial charge in [0.05, 0.1) is 7.11 Å². The van der Waals surface area contributed by atoms with Crippen LogP contribution in [0.3, 0.4) is 0 Å². The fraction of sp³-hybridized carbons (Fsp3) is 0.385. The van der Waals surface area contributed by atoms with Crippen LogP contribution >= 0.6 is 0 Å². The lowest BCUT2D eigenvalue weighted by Gasteiger charge is -2.10. The second-order valence-electron chi connectivity index (χ2n) is 3.94. The van der Waals surface area contributed by atoms with Gasteiger partial charge in [-0.15, -0.1) is 0 Å². The predicted molar refractivity (Wildman–Crippen MR) is 66.6 cm³/mol. The summed E-state index contributed by atoms with van der Waals surface area (Å²) in [4.78, 5) is 22.1. The van der Waals surface area contributed by atoms with E-state index in [1.54, 1.807) is 7.11 Å². The number of benzene rings is 1. The summed E-state index contributed by atoms with van der Waals surface area (Å²) >= 11 is 0. The average molecular weight is 251 g/mol. The lowest BCUT2D eigenvalue weighted by atomic mass is 10.1. The van der Waals surface area contributed by atoms with Crippen LogP contribution in [0.4, 0.5) is 0 Å². The second-order valence-corrected chi connectivity index (χ2v) is 3.94. The van der Waals surface area contributed by atoms with E-state index in [1.807, 2.05) is 24.3 Å². The highest BCUT2D eigenvalue weighted by Crippen LogP contribution is 2.18. The molecule has 1 aromatic carbocycles. The third kappa shape index (κ3) is 4.08. The molecule has 1 atom stereocenters. The summed E-state index contributed by atoms with van der Waals surface area (Å²) in [6.45, 7) is 1.43. The Balaban J connectivity index is 2.50. The molecule has 0 aliphatic carbocycles. The molecule has 1 amide bonds. The van der Waals surface area contributed by atoms with Crippen LogP contribution in [0.15, 0.2) is 24.3 Å². The van der Waals surface area contributed by atoms with Gasteiger partial charge in [-0.05, 0) is 25.0 Å². The van der Waals surface area contributed by atoms with E-state index in [0.717, 1.165) is 11.3 Å². The number of nitrogens with one attached hydrogen (secondary N) is 1. The van der Waals surface area contributed by atoms with Crippen molar-refractivity contribution in [2.45, 2.75) is 25.8 Å². The molecule has 2 N–H and O–H groups in total. The quantitative estimate of drug-likeness (QED) is 0.797. The van der Waals surface area contributed by atoms with Gasteiger partial charge in [0.15, 0.2) is 0 Å². The molecule has 5 heteroatoms. The van der Waals surface area contributed by atoms with Crippen LogP contribution in [-0.4, -0.2) is 30.1 Å². The Hall–Kier alpha value is -2.04. The smallest absolute Gasteiger partial charge is 0.325 e. The first-order valence-electron chi connectivity index (χ1n) is 5.68. The molecule has 0 fully saturated rings. The molecule has 1 aromatic rings. The van der Waals surface area contributed by atoms with Crippen LogP contribution in [0.2, 0.25) is 0 Å². The van der Waals surface area contributed by atoms with Crippen LogP contribution in [0.5, 0.6) is 5.75 Å². The van der Waals surface area contributed by atoms with Crippen molar-refractivity contribution in [1.29, 1.82) is 0 Å². The van der Waals surface area contributed by atoms with E-state index >= 15 is 0 Å². The van der Waals surface area contributed by atoms with Gasteiger partial charge in [0, 0.05) is 6.42 Å². The Kier molecular flexibility index (Phi) is 5.17. The molecule has 0 saturated carbocycles. The topological polar surface area (TPSA) is 75.6 Å². The fourth-order valence-corrected chi connectivity index (χ4v) is 1.53. The SMILES string of the molecule is COc1ccccc1CCC(=O)N[C@H](C)C(=O)O. The maximum atomic E-state index is 11.5. The summed E-state index contributed by atoms with van der Waals surface area (Å²) in [6, 6.07) is 6.57. The standard InChI is InChI=1S/C13H17NO4/c1-9(13(16)17)14-12(15)8-7-10-5-3-4-6-11(10)18-2/h3-6,9H,7-8H2,1-2H3,(H,14,15)(H,16,17)/t9-/m1/s1. The van der Waals surface area contributed by atoms with E-state index in [4.69, 9.17) is 9.84 Å². The van der Waals surface area contributed by atoms with Gasteiger partial charge >= 0.3 is 5.97 Å². The number of carbonyl (C=O) groups is 2. The molecule has 0 saturated heterocycles. The lowest BCUT2D eigenvalue weighted by Crippen LogP contribution is -2.38. The van der Waals surface area contributed by atoms with Crippen molar-refractivity contribution in [1.82, 2.24) is 5.32 Å². The molecule has 5 nitrogen and oxygen atoms in total. The zero-order chi connectivity index (χ0) is 13.5. The fourth-order valence-electron chi connectivity index (χ4n) is 1.53. The van der Waals surface area contributed by atoms with Gasteiger partial charge in [-0.25, -0.2) is 0 Å². The van der Waals surface area contributed by atoms with E-state index in [-0.39, 0.29) is 12.3 Å². The number of hydrogen-bond donors (Lipinski definition) is 2. The summed E-state index contributed by atoms with van der Waals surface area (Å²) in [5.41, 5.74) is 0.929. The first kappa shape index (κ1) is 14.0. The largest absolute Gasteiger partial charge is 0.496 e. The van der Waals surface area contributed by atoms with Crippen LogP contribution in [0.1, 0.15) is 18.9 Å². The van der Waals surface area contributed by atoms with Gasteiger partial charge in [-0.1, -0.05) is 18.2 Å². The molecule has 0 heterocycles. The van der Waals surface area contributed by atoms with Gasteiger partial charge in [-0.3, -0.25) is 9.59 Å². The van der Waals surface area contributed by atoms with Gasteiger partial charge in [0.1, 0.15) is 11.8 Å². The number of carbonyl (C=O) groups excluding carboxylic acids is 1. The Morgan fingerprint density at radius 2 is 2.06 bits per heavy atom. The molecule has 0 aliphatic heterocycles. The second kappa shape index (κ2) is 6.64. The molecule has 0 radical (unpaired) electrons. The van der Waals surface area contributed by atoms with Crippen LogP contribution in [-0.2, 0) is 16.0 Å². The Bertz CT molecular complexity index is 431. The normalized spacial score (nSPS) is 11.7. The van der Waals surface area contributed by atoms with E-state index in [9.17, 15) is 9.59 Å². The molecule has 0 unspecified atom stereocenters. The maximum absolute atomic E-state index is 11.5. The number of hydrogen-bond acceptors (Lipinski definition) is 3. The molecule has 18 heavy (non-hydrogen) atoms. The Morgan fingerprint density at radius 3 is 2.67 bits per heavy atom. The number of para-hydroxylation sites is 1. The number of carboxylic acid groups (broad SMARTS) is 1. The zero-order valence-electron chi connectivity index (χ0n) is 10.5. The highest BCUT2D eigenvalue weighted by molar-refractivity contribution is 5.83. The number of methoxy groups -OCH3 is 1. The number of rotatable bonds is 6. The van der Waals surface area contributed by atoms with E-state index in [2.05, 4.69) is 5.32 Å². The third-order valence-electron chi connectivity index (χ3n) is 2.56. The minimum Gasteiger partial charge on any atom is -0.496 e. The summed E-state index contributed by atoms with van der Waals surface area (Å²) in [6.07, 6.45) is 0.750. The van der Waals surface area contributed by atoms with E-state index < -0.39 is 12.0 Å². The van der Waals surface area contributed by atoms with Gasteiger partial charge < -0.3 is 15.2 Å². The van der Waals surface area contributed by atoms with Crippen molar-refractivity contribution in [2.24, 2.45) is 0 Å². The molecule has 0 spiro atoms. The molecule has 0 bridgehead atoms. The Morgan fingerprint density at radius 1 is 1.39 bits per heavy atom. The highest BCUT2D eigenvalue weighted by atomic mass is 16.5. The number of carboxylic acids is 1. The summed E-state index contributed by atoms with van der Waals surface area (Å²) in [5.74, 6) is -0.590. The summed E-state index contributed by atoms with van der Waals surface area (Å²) in [7, 11) is 1.57. The van der Waals surface area contributed by atoms with Crippen molar-refractivity contribution in [2.75, 3.05) is 7.11 Å². The van der Waals surface area contributed by atoms with Crippen LogP contribution in [0, 0.1) is 0 Å². The first-order chi connectivity index (χ1) is 8.54. The molecule has 1 rings (SSSR count). The lowest BCUT2D eigenvalue weighted by molar-refractivity contribution is -0.141. The number of aliphatic carboxylic acids is 1. The summed E-state index contributed by atoms with van der Waals surface area (Å²) < 4.78 is 5.17. The maximum Gasteiger partial charge on any atom is 0.325 e. The van der Waals surface area contributed by atoms with Crippen molar-refractivity contribution in [3.63, 3.8) is 0 Å². The van der Waals surface area contributed by atoms with Crippen molar-refractivity contribution >= 4 is 11.9 Å². The number of amides is 1. The van der Waals surface area contributed by atoms with Crippen LogP contribution in [0.25, 0.3) is 0 Å². The minimum atomic E-state index is -1.04. The molecule has 98 valence electrons. The highest BCUT2D eigenvalue weighted by Gasteiger charge is 2.14. The zero-order valence-corrected chi connectivity index (χ0v) is 10.5. The molecule has 0 aliphatic rings. The first-order valence-corrected chi connectivity index (χ1v) is 5.68. The van der Waals surface area contributed by atoms with Crippen molar-refractivity contribution in [3.8, 4) is 5.75 Å². The Labute approximate surface area is 106 Å². The monoisotopic (exact) mass is 251 g/mol. The molecular formula is C13H17NO4. The predicted octanol–water partition coefficient (Wildman–Crippen LogP) is 1.22. The van der Waals surface area contributed by atoms with E-state index in [1.165, 1.54) is 6.92 Å². The van der Waals surface area contributed by atoms with Gasteiger partial charge in [0.25, 0.3) is 0 Å². The van der Waals surface area contributed by atoms with Crippen molar-refractivity contribution in [3.05, 3.63) is 29.8 Å². The van der Waals surface area contributed by atoms with Crippen LogP contribution < -0.4 is 10.1 Å².